The normalized spacial score (nSPS) is 18.8. The summed E-state index contributed by atoms with van der Waals surface area (Å²) in [6.07, 6.45) is 3.26. The second-order valence-corrected chi connectivity index (χ2v) is 5.14. The Morgan fingerprint density at radius 2 is 2.40 bits per heavy atom. The lowest BCUT2D eigenvalue weighted by Gasteiger charge is -2.13. The van der Waals surface area contributed by atoms with Crippen LogP contribution in [-0.4, -0.2) is 33.3 Å². The Kier molecular flexibility index (Phi) is 3.44. The molecule has 1 atom stereocenters. The Labute approximate surface area is 117 Å². The van der Waals surface area contributed by atoms with Crippen LogP contribution in [0.4, 0.5) is 0 Å². The molecule has 1 aliphatic rings. The zero-order chi connectivity index (χ0) is 14.1. The molecule has 2 heterocycles. The van der Waals surface area contributed by atoms with E-state index in [9.17, 15) is 4.79 Å². The van der Waals surface area contributed by atoms with Gasteiger partial charge in [0.25, 0.3) is 0 Å². The SMILES string of the molecule is CCc1nc2cc(C(=O)O)ccc2n1C[C@@H]1CCCO1. The molecule has 0 radical (unpaired) electrons. The Hall–Kier alpha value is -1.88. The summed E-state index contributed by atoms with van der Waals surface area (Å²) in [6, 6.07) is 5.13. The summed E-state index contributed by atoms with van der Waals surface area (Å²) in [7, 11) is 0. The minimum atomic E-state index is -0.918. The number of aromatic nitrogens is 2. The fraction of sp³-hybridized carbons (Fsp3) is 0.467. The van der Waals surface area contributed by atoms with Crippen molar-refractivity contribution in [2.45, 2.75) is 38.8 Å². The number of nitrogens with zero attached hydrogens (tertiary/aromatic N) is 2. The average Bonchev–Trinajstić information content (AvgIpc) is 3.06. The van der Waals surface area contributed by atoms with Gasteiger partial charge in [0.1, 0.15) is 5.82 Å². The summed E-state index contributed by atoms with van der Waals surface area (Å²) in [5.41, 5.74) is 2.02. The van der Waals surface area contributed by atoms with Crippen LogP contribution in [0.1, 0.15) is 35.9 Å². The van der Waals surface area contributed by atoms with Crippen molar-refractivity contribution in [1.82, 2.24) is 9.55 Å². The second kappa shape index (κ2) is 5.25. The van der Waals surface area contributed by atoms with Crippen molar-refractivity contribution in [3.05, 3.63) is 29.6 Å². The lowest BCUT2D eigenvalue weighted by Crippen LogP contribution is -2.16. The number of carbonyl (C=O) groups is 1. The standard InChI is InChI=1S/C15H18N2O3/c1-2-14-16-12-8-10(15(18)19)5-6-13(12)17(14)9-11-4-3-7-20-11/h5-6,8,11H,2-4,7,9H2,1H3,(H,18,19)/t11-/m0/s1. The van der Waals surface area contributed by atoms with Gasteiger partial charge >= 0.3 is 5.97 Å². The molecular formula is C15H18N2O3. The van der Waals surface area contributed by atoms with Gasteiger partial charge < -0.3 is 14.4 Å². The summed E-state index contributed by atoms with van der Waals surface area (Å²) >= 11 is 0. The summed E-state index contributed by atoms with van der Waals surface area (Å²) in [5, 5.41) is 9.05. The highest BCUT2D eigenvalue weighted by Gasteiger charge is 2.19. The molecule has 5 heteroatoms. The zero-order valence-corrected chi connectivity index (χ0v) is 11.5. The van der Waals surface area contributed by atoms with E-state index in [0.29, 0.717) is 0 Å². The van der Waals surface area contributed by atoms with Crippen LogP contribution in [0.3, 0.4) is 0 Å². The number of hydrogen-bond acceptors (Lipinski definition) is 3. The summed E-state index contributed by atoms with van der Waals surface area (Å²) in [5.74, 6) is 0.0664. The van der Waals surface area contributed by atoms with Gasteiger partial charge in [0.2, 0.25) is 0 Å². The Bertz CT molecular complexity index is 642. The molecule has 5 nitrogen and oxygen atoms in total. The molecule has 0 saturated carbocycles. The van der Waals surface area contributed by atoms with E-state index in [1.807, 2.05) is 6.07 Å². The minimum Gasteiger partial charge on any atom is -0.478 e. The van der Waals surface area contributed by atoms with Crippen LogP contribution in [-0.2, 0) is 17.7 Å². The first-order valence-corrected chi connectivity index (χ1v) is 7.03. The molecule has 20 heavy (non-hydrogen) atoms. The Morgan fingerprint density at radius 1 is 1.55 bits per heavy atom. The topological polar surface area (TPSA) is 64.3 Å². The molecule has 1 N–H and O–H groups in total. The highest BCUT2D eigenvalue weighted by atomic mass is 16.5. The van der Waals surface area contributed by atoms with Gasteiger partial charge in [0, 0.05) is 13.0 Å². The van der Waals surface area contributed by atoms with Gasteiger partial charge in [0.15, 0.2) is 0 Å². The lowest BCUT2D eigenvalue weighted by molar-refractivity contribution is 0.0697. The van der Waals surface area contributed by atoms with E-state index in [2.05, 4.69) is 16.5 Å². The number of imidazole rings is 1. The van der Waals surface area contributed by atoms with Crippen LogP contribution >= 0.6 is 0 Å². The maximum atomic E-state index is 11.0. The van der Waals surface area contributed by atoms with Crippen molar-refractivity contribution in [1.29, 1.82) is 0 Å². The third kappa shape index (κ3) is 2.29. The Balaban J connectivity index is 2.02. The smallest absolute Gasteiger partial charge is 0.335 e. The first-order valence-electron chi connectivity index (χ1n) is 7.03. The number of hydrogen-bond donors (Lipinski definition) is 1. The number of aryl methyl sites for hydroxylation is 1. The molecule has 0 aliphatic carbocycles. The molecule has 0 unspecified atom stereocenters. The maximum absolute atomic E-state index is 11.0. The molecule has 0 bridgehead atoms. The quantitative estimate of drug-likeness (QED) is 0.930. The molecule has 1 aromatic carbocycles. The molecular weight excluding hydrogens is 256 g/mol. The highest BCUT2D eigenvalue weighted by molar-refractivity contribution is 5.92. The molecule has 1 aromatic heterocycles. The van der Waals surface area contributed by atoms with E-state index >= 15 is 0 Å². The lowest BCUT2D eigenvalue weighted by atomic mass is 10.2. The van der Waals surface area contributed by atoms with Gasteiger partial charge in [0.05, 0.1) is 29.2 Å². The van der Waals surface area contributed by atoms with Crippen molar-refractivity contribution in [2.24, 2.45) is 0 Å². The van der Waals surface area contributed by atoms with Gasteiger partial charge in [-0.25, -0.2) is 9.78 Å². The molecule has 1 saturated heterocycles. The van der Waals surface area contributed by atoms with Crippen LogP contribution in [0.25, 0.3) is 11.0 Å². The van der Waals surface area contributed by atoms with E-state index in [0.717, 1.165) is 49.3 Å². The first-order chi connectivity index (χ1) is 9.69. The van der Waals surface area contributed by atoms with Crippen LogP contribution in [0.5, 0.6) is 0 Å². The van der Waals surface area contributed by atoms with Gasteiger partial charge in [-0.15, -0.1) is 0 Å². The number of carboxylic acids is 1. The van der Waals surface area contributed by atoms with Crippen molar-refractivity contribution in [3.63, 3.8) is 0 Å². The van der Waals surface area contributed by atoms with Gasteiger partial charge in [-0.1, -0.05) is 6.92 Å². The van der Waals surface area contributed by atoms with Gasteiger partial charge in [-0.2, -0.15) is 0 Å². The number of fused-ring (bicyclic) bond motifs is 1. The van der Waals surface area contributed by atoms with Crippen LogP contribution in [0.15, 0.2) is 18.2 Å². The Morgan fingerprint density at radius 3 is 3.05 bits per heavy atom. The molecule has 2 aromatic rings. The maximum Gasteiger partial charge on any atom is 0.335 e. The highest BCUT2D eigenvalue weighted by Crippen LogP contribution is 2.22. The first kappa shape index (κ1) is 13.1. The number of carboxylic acid groups (broad SMARTS) is 1. The van der Waals surface area contributed by atoms with Crippen molar-refractivity contribution in [3.8, 4) is 0 Å². The average molecular weight is 274 g/mol. The number of benzene rings is 1. The zero-order valence-electron chi connectivity index (χ0n) is 11.5. The monoisotopic (exact) mass is 274 g/mol. The number of ether oxygens (including phenoxy) is 1. The summed E-state index contributed by atoms with van der Waals surface area (Å²) in [6.45, 7) is 3.69. The summed E-state index contributed by atoms with van der Waals surface area (Å²) < 4.78 is 7.86. The predicted octanol–water partition coefficient (Wildman–Crippen LogP) is 2.48. The largest absolute Gasteiger partial charge is 0.478 e. The minimum absolute atomic E-state index is 0.247. The van der Waals surface area contributed by atoms with Crippen LogP contribution in [0, 0.1) is 0 Å². The van der Waals surface area contributed by atoms with E-state index in [1.165, 1.54) is 0 Å². The second-order valence-electron chi connectivity index (χ2n) is 5.14. The van der Waals surface area contributed by atoms with Crippen molar-refractivity contribution >= 4 is 17.0 Å². The van der Waals surface area contributed by atoms with Crippen LogP contribution < -0.4 is 0 Å². The van der Waals surface area contributed by atoms with Crippen molar-refractivity contribution < 1.29 is 14.6 Å². The molecule has 1 aliphatic heterocycles. The molecule has 106 valence electrons. The molecule has 0 amide bonds. The number of aromatic carboxylic acids is 1. The van der Waals surface area contributed by atoms with E-state index < -0.39 is 5.97 Å². The molecule has 1 fully saturated rings. The predicted molar refractivity (Wildman–Crippen MR) is 75.0 cm³/mol. The van der Waals surface area contributed by atoms with E-state index in [-0.39, 0.29) is 11.7 Å². The fourth-order valence-corrected chi connectivity index (χ4v) is 2.78. The third-order valence-electron chi connectivity index (χ3n) is 3.80. The molecule has 0 spiro atoms. The third-order valence-corrected chi connectivity index (χ3v) is 3.80. The molecule has 3 rings (SSSR count). The fourth-order valence-electron chi connectivity index (χ4n) is 2.78. The van der Waals surface area contributed by atoms with E-state index in [4.69, 9.17) is 9.84 Å². The number of rotatable bonds is 4. The van der Waals surface area contributed by atoms with Crippen LogP contribution in [0.2, 0.25) is 0 Å². The van der Waals surface area contributed by atoms with E-state index in [1.54, 1.807) is 12.1 Å². The van der Waals surface area contributed by atoms with Gasteiger partial charge in [-0.3, -0.25) is 0 Å². The van der Waals surface area contributed by atoms with Crippen molar-refractivity contribution in [2.75, 3.05) is 6.61 Å². The summed E-state index contributed by atoms with van der Waals surface area (Å²) in [4.78, 5) is 15.6. The van der Waals surface area contributed by atoms with Gasteiger partial charge in [-0.05, 0) is 31.0 Å².